The Labute approximate surface area is 413 Å². The van der Waals surface area contributed by atoms with Crippen molar-refractivity contribution >= 4 is 53.2 Å². The number of likely N-dealkylation sites (tertiary alicyclic amines) is 1. The molecule has 5 rings (SSSR count). The molecular weight excluding hydrogens is 921 g/mol. The first-order valence-corrected chi connectivity index (χ1v) is 24.2. The number of carbonyl (C=O) groups is 9. The third-order valence-electron chi connectivity index (χ3n) is 13.2. The summed E-state index contributed by atoms with van der Waals surface area (Å²) in [7, 11) is 1.36. The SMILES string of the molecule is CC(=O)N1CCCC1C(=O)NC(C(=O)N[C@@H]1C(=O)NC(CC(C)C)C(=O)N[C@H]2CC[C@@H](O)N(C2=O)[C@@H](Cc2ccccc2)C(=O)N(C)[C@@H](Cc2ccc(O)cc2)C(=O)NC(C(C)C)C(=O)O[C@@H]1C)[C@@H](C)O. The van der Waals surface area contributed by atoms with Gasteiger partial charge in [0.15, 0.2) is 0 Å². The van der Waals surface area contributed by atoms with Gasteiger partial charge >= 0.3 is 5.97 Å². The molecule has 2 aromatic carbocycles. The van der Waals surface area contributed by atoms with Crippen LogP contribution in [0.15, 0.2) is 54.6 Å². The van der Waals surface area contributed by atoms with Crippen LogP contribution in [-0.4, -0.2) is 164 Å². The predicted octanol–water partition coefficient (Wildman–Crippen LogP) is -0.223. The number of rotatable bonds is 12. The van der Waals surface area contributed by atoms with Gasteiger partial charge < -0.3 is 61.3 Å². The third kappa shape index (κ3) is 14.1. The lowest BCUT2D eigenvalue weighted by atomic mass is 9.95. The van der Waals surface area contributed by atoms with Crippen molar-refractivity contribution in [2.75, 3.05) is 13.6 Å². The van der Waals surface area contributed by atoms with Crippen molar-refractivity contribution in [1.82, 2.24) is 41.3 Å². The number of piperidine rings is 1. The minimum Gasteiger partial charge on any atom is -0.508 e. The number of phenolic OH excluding ortho intramolecular Hbond substituents is 1. The van der Waals surface area contributed by atoms with Crippen molar-refractivity contribution in [3.63, 3.8) is 0 Å². The van der Waals surface area contributed by atoms with Crippen molar-refractivity contribution in [3.05, 3.63) is 65.7 Å². The zero-order valence-electron chi connectivity index (χ0n) is 41.6. The molecule has 0 saturated carbocycles. The summed E-state index contributed by atoms with van der Waals surface area (Å²) in [6.45, 7) is 10.9. The van der Waals surface area contributed by atoms with Crippen LogP contribution in [0, 0.1) is 11.8 Å². The van der Waals surface area contributed by atoms with Crippen molar-refractivity contribution in [2.45, 2.75) is 160 Å². The number of aromatic hydroxyl groups is 1. The van der Waals surface area contributed by atoms with Gasteiger partial charge in [0.05, 0.1) is 6.10 Å². The Hall–Kier alpha value is -6.61. The number of hydrogen-bond acceptors (Lipinski definition) is 13. The van der Waals surface area contributed by atoms with Crippen LogP contribution in [0.25, 0.3) is 0 Å². The maximum Gasteiger partial charge on any atom is 0.329 e. The van der Waals surface area contributed by atoms with Crippen LogP contribution in [0.3, 0.4) is 0 Å². The normalized spacial score (nSPS) is 27.1. The zero-order chi connectivity index (χ0) is 52.4. The molecule has 0 radical (unpaired) electrons. The fourth-order valence-corrected chi connectivity index (χ4v) is 9.21. The molecular formula is C50H70N8O13. The molecule has 2 bridgehead atoms. The number of hydrogen-bond donors (Lipinski definition) is 8. The molecule has 4 unspecified atom stereocenters. The van der Waals surface area contributed by atoms with E-state index in [9.17, 15) is 53.7 Å². The van der Waals surface area contributed by atoms with Crippen LogP contribution in [0.1, 0.15) is 91.7 Å². The van der Waals surface area contributed by atoms with E-state index in [-0.39, 0.29) is 49.7 Å². The standard InChI is InChI=1S/C50H70N8O13/c1-26(2)23-35-43(63)51-34-20-21-39(62)58(48(34)68)38(25-31-13-10-9-11-14-31)49(69)56(8)37(24-32-16-18-33(61)19-17-32)45(65)53-40(27(3)4)50(70)71-29(6)42(47(67)52-35)55-46(66)41(28(5)59)54-44(64)36-15-12-22-57(36)30(7)60/h9-11,13-14,16-19,26-29,34-42,59,61-62H,12,15,20-25H2,1-8H3,(H,51,63)(H,52,67)(H,53,65)(H,54,64)(H,55,66)/t28-,29-,34+,35?,36?,37+,38+,39-,40?,41?,42+/m1/s1. The largest absolute Gasteiger partial charge is 0.508 e. The van der Waals surface area contributed by atoms with E-state index in [1.807, 2.05) is 0 Å². The van der Waals surface area contributed by atoms with Crippen LogP contribution in [-0.2, 0) is 60.7 Å². The van der Waals surface area contributed by atoms with E-state index in [1.54, 1.807) is 70.2 Å². The third-order valence-corrected chi connectivity index (χ3v) is 13.2. The number of esters is 1. The summed E-state index contributed by atoms with van der Waals surface area (Å²) in [5.74, 6) is -8.45. The van der Waals surface area contributed by atoms with E-state index in [2.05, 4.69) is 26.6 Å². The lowest BCUT2D eigenvalue weighted by molar-refractivity contribution is -0.165. The number of fused-ring (bicyclic) bond motifs is 2. The molecule has 8 amide bonds. The highest BCUT2D eigenvalue weighted by atomic mass is 16.5. The molecule has 0 aliphatic carbocycles. The number of nitrogens with zero attached hydrogens (tertiary/aromatic N) is 3. The molecule has 8 N–H and O–H groups in total. The molecule has 3 fully saturated rings. The molecule has 0 spiro atoms. The van der Waals surface area contributed by atoms with E-state index in [1.165, 1.54) is 44.9 Å². The number of likely N-dealkylation sites (N-methyl/N-ethyl adjacent to an activating group) is 1. The number of benzene rings is 2. The molecule has 21 nitrogen and oxygen atoms in total. The van der Waals surface area contributed by atoms with Crippen LogP contribution in [0.5, 0.6) is 5.75 Å². The summed E-state index contributed by atoms with van der Waals surface area (Å²) in [5, 5.41) is 45.5. The highest BCUT2D eigenvalue weighted by Crippen LogP contribution is 2.26. The van der Waals surface area contributed by atoms with Crippen molar-refractivity contribution in [1.29, 1.82) is 0 Å². The molecule has 71 heavy (non-hydrogen) atoms. The Morgan fingerprint density at radius 1 is 0.803 bits per heavy atom. The van der Waals surface area contributed by atoms with Gasteiger partial charge in [-0.3, -0.25) is 38.4 Å². The molecule has 3 saturated heterocycles. The topological polar surface area (TPSA) is 293 Å². The molecule has 0 aromatic heterocycles. The van der Waals surface area contributed by atoms with Gasteiger partial charge in [-0.1, -0.05) is 70.2 Å². The fraction of sp³-hybridized carbons (Fsp3) is 0.580. The van der Waals surface area contributed by atoms with Crippen molar-refractivity contribution in [2.24, 2.45) is 11.8 Å². The van der Waals surface area contributed by atoms with E-state index in [4.69, 9.17) is 4.74 Å². The molecule has 3 aliphatic heterocycles. The highest BCUT2D eigenvalue weighted by Gasteiger charge is 2.46. The smallest absolute Gasteiger partial charge is 0.329 e. The zero-order valence-corrected chi connectivity index (χ0v) is 41.6. The monoisotopic (exact) mass is 991 g/mol. The molecule has 388 valence electrons. The van der Waals surface area contributed by atoms with Gasteiger partial charge in [-0.2, -0.15) is 0 Å². The minimum absolute atomic E-state index is 0.00381. The van der Waals surface area contributed by atoms with Gasteiger partial charge in [0, 0.05) is 33.4 Å². The number of aliphatic hydroxyl groups is 2. The summed E-state index contributed by atoms with van der Waals surface area (Å²) >= 11 is 0. The lowest BCUT2D eigenvalue weighted by Gasteiger charge is -2.43. The quantitative estimate of drug-likeness (QED) is 0.128. The predicted molar refractivity (Wildman–Crippen MR) is 256 cm³/mol. The summed E-state index contributed by atoms with van der Waals surface area (Å²) in [5.41, 5.74) is 1.11. The van der Waals surface area contributed by atoms with Gasteiger partial charge in [0.25, 0.3) is 0 Å². The Kier molecular flexibility index (Phi) is 19.1. The van der Waals surface area contributed by atoms with Gasteiger partial charge in [-0.25, -0.2) is 4.79 Å². The first-order chi connectivity index (χ1) is 33.5. The fourth-order valence-electron chi connectivity index (χ4n) is 9.21. The van der Waals surface area contributed by atoms with Gasteiger partial charge in [0.1, 0.15) is 66.4 Å². The molecule has 2 aromatic rings. The lowest BCUT2D eigenvalue weighted by Crippen LogP contribution is -2.65. The number of aliphatic hydroxyl groups excluding tert-OH is 2. The second-order valence-electron chi connectivity index (χ2n) is 19.6. The number of amides is 8. The summed E-state index contributed by atoms with van der Waals surface area (Å²) < 4.78 is 5.88. The number of phenols is 1. The summed E-state index contributed by atoms with van der Waals surface area (Å²) in [6, 6.07) is 3.24. The Morgan fingerprint density at radius 2 is 1.44 bits per heavy atom. The first-order valence-electron chi connectivity index (χ1n) is 24.2. The average molecular weight is 991 g/mol. The maximum atomic E-state index is 15.0. The van der Waals surface area contributed by atoms with E-state index >= 15 is 4.79 Å². The van der Waals surface area contributed by atoms with Gasteiger partial charge in [-0.05, 0) is 81.0 Å². The van der Waals surface area contributed by atoms with Crippen LogP contribution in [0.4, 0.5) is 0 Å². The number of carbonyl (C=O) groups excluding carboxylic acids is 9. The Balaban J connectivity index is 1.59. The van der Waals surface area contributed by atoms with Gasteiger partial charge in [0.2, 0.25) is 47.3 Å². The van der Waals surface area contributed by atoms with Crippen LogP contribution < -0.4 is 26.6 Å². The molecule has 21 heteroatoms. The summed E-state index contributed by atoms with van der Waals surface area (Å²) in [6.07, 6.45) is -4.19. The second kappa shape index (κ2) is 24.5. The summed E-state index contributed by atoms with van der Waals surface area (Å²) in [4.78, 5) is 131. The minimum atomic E-state index is -1.82. The highest BCUT2D eigenvalue weighted by molar-refractivity contribution is 5.99. The molecule has 3 heterocycles. The van der Waals surface area contributed by atoms with Crippen LogP contribution in [0.2, 0.25) is 0 Å². The number of cyclic esters (lactones) is 1. The number of nitrogens with one attached hydrogen (secondary N) is 5. The second-order valence-corrected chi connectivity index (χ2v) is 19.6. The first kappa shape index (κ1) is 55.3. The average Bonchev–Trinajstić information content (AvgIpc) is 3.82. The Bertz CT molecular complexity index is 2260. The van der Waals surface area contributed by atoms with E-state index in [0.29, 0.717) is 30.5 Å². The van der Waals surface area contributed by atoms with E-state index in [0.717, 1.165) is 9.80 Å². The maximum absolute atomic E-state index is 15.0. The Morgan fingerprint density at radius 3 is 2.04 bits per heavy atom. The molecule has 3 aliphatic rings. The molecule has 11 atom stereocenters. The van der Waals surface area contributed by atoms with Crippen molar-refractivity contribution in [3.8, 4) is 5.75 Å². The van der Waals surface area contributed by atoms with Gasteiger partial charge in [-0.15, -0.1) is 0 Å². The van der Waals surface area contributed by atoms with E-state index < -0.39 is 120 Å². The van der Waals surface area contributed by atoms with Crippen molar-refractivity contribution < 1.29 is 63.2 Å². The van der Waals surface area contributed by atoms with Crippen LogP contribution >= 0.6 is 0 Å². The number of ether oxygens (including phenoxy) is 1.